The van der Waals surface area contributed by atoms with E-state index in [1.807, 2.05) is 0 Å². The van der Waals surface area contributed by atoms with E-state index in [4.69, 9.17) is 25.2 Å². The molecular weight excluding hydrogens is 639 g/mol. The Labute approximate surface area is 268 Å². The Morgan fingerprint density at radius 1 is 1.15 bits per heavy atom. The first kappa shape index (κ1) is 29.0. The molecule has 3 N–H and O–H groups in total. The van der Waals surface area contributed by atoms with Crippen molar-refractivity contribution in [2.24, 2.45) is 0 Å². The lowest BCUT2D eigenvalue weighted by molar-refractivity contribution is 0.0516. The van der Waals surface area contributed by atoms with Gasteiger partial charge in [-0.05, 0) is 50.4 Å². The summed E-state index contributed by atoms with van der Waals surface area (Å²) in [5.41, 5.74) is 6.89. The molecule has 6 aliphatic rings. The minimum absolute atomic E-state index is 0.0239. The normalized spacial score (nSPS) is 30.4. The van der Waals surface area contributed by atoms with Crippen LogP contribution in [0, 0.1) is 5.82 Å². The molecule has 2 aromatic heterocycles. The number of halogens is 2. The molecule has 1 saturated carbocycles. The molecule has 0 amide bonds. The topological polar surface area (TPSA) is 139 Å². The van der Waals surface area contributed by atoms with Gasteiger partial charge in [-0.2, -0.15) is 9.97 Å². The maximum Gasteiger partial charge on any atom is 0.319 e. The Bertz CT molecular complexity index is 1870. The molecule has 1 aliphatic carbocycles. The van der Waals surface area contributed by atoms with Crippen LogP contribution in [0.2, 0.25) is 0 Å². The SMILES string of the molecule is Nc1nc2c(C3=Cc4nc(OC[C@@]56CCCN5C[C@H](F)C6)nc(N5C6CNCC5COC6)c4S(=O)(=O)N3C3CC3)ccc(F)c2s1. The first-order valence-corrected chi connectivity index (χ1v) is 18.1. The van der Waals surface area contributed by atoms with Gasteiger partial charge in [0.1, 0.15) is 18.6 Å². The lowest BCUT2D eigenvalue weighted by atomic mass is 9.95. The van der Waals surface area contributed by atoms with Crippen LogP contribution in [0.25, 0.3) is 22.0 Å². The maximum absolute atomic E-state index is 14.8. The van der Waals surface area contributed by atoms with Crippen LogP contribution in [0.15, 0.2) is 17.0 Å². The van der Waals surface area contributed by atoms with E-state index in [2.05, 4.69) is 20.1 Å². The Kier molecular flexibility index (Phi) is 6.56. The van der Waals surface area contributed by atoms with Crippen molar-refractivity contribution in [3.8, 4) is 6.01 Å². The summed E-state index contributed by atoms with van der Waals surface area (Å²) in [6, 6.07) is 2.36. The molecule has 4 saturated heterocycles. The molecule has 5 fully saturated rings. The van der Waals surface area contributed by atoms with E-state index in [0.717, 1.165) is 30.7 Å². The molecule has 0 spiro atoms. The number of sulfonamides is 1. The molecule has 2 bridgehead atoms. The zero-order chi connectivity index (χ0) is 31.4. The number of rotatable bonds is 6. The minimum atomic E-state index is -4.20. The number of piperazine rings is 1. The van der Waals surface area contributed by atoms with Crippen molar-refractivity contribution in [3.63, 3.8) is 0 Å². The van der Waals surface area contributed by atoms with Gasteiger partial charge < -0.3 is 25.4 Å². The highest BCUT2D eigenvalue weighted by Crippen LogP contribution is 2.48. The molecule has 12 nitrogen and oxygen atoms in total. The third kappa shape index (κ3) is 4.43. The summed E-state index contributed by atoms with van der Waals surface area (Å²) < 4.78 is 73.0. The van der Waals surface area contributed by atoms with Gasteiger partial charge in [0.05, 0.1) is 52.4 Å². The number of thiazole rings is 1. The summed E-state index contributed by atoms with van der Waals surface area (Å²) in [5, 5.41) is 3.62. The molecule has 4 atom stereocenters. The average Bonchev–Trinajstić information content (AvgIpc) is 3.52. The average molecular weight is 673 g/mol. The molecule has 2 unspecified atom stereocenters. The van der Waals surface area contributed by atoms with Crippen LogP contribution in [0.5, 0.6) is 6.01 Å². The second-order valence-electron chi connectivity index (χ2n) is 13.2. The maximum atomic E-state index is 14.8. The lowest BCUT2D eigenvalue weighted by Crippen LogP contribution is -2.64. The third-order valence-electron chi connectivity index (χ3n) is 10.2. The number of nitrogens with zero attached hydrogens (tertiary/aromatic N) is 6. The number of ether oxygens (including phenoxy) is 2. The number of fused-ring (bicyclic) bond motifs is 5. The molecule has 5 aliphatic heterocycles. The number of benzene rings is 1. The van der Waals surface area contributed by atoms with Crippen molar-refractivity contribution in [2.75, 3.05) is 56.6 Å². The lowest BCUT2D eigenvalue weighted by Gasteiger charge is -2.47. The van der Waals surface area contributed by atoms with Gasteiger partial charge in [-0.15, -0.1) is 0 Å². The van der Waals surface area contributed by atoms with E-state index in [1.54, 1.807) is 12.1 Å². The Balaban J connectivity index is 1.22. The number of aromatic nitrogens is 3. The highest BCUT2D eigenvalue weighted by atomic mass is 32.2. The van der Waals surface area contributed by atoms with Gasteiger partial charge in [0.25, 0.3) is 10.0 Å². The Morgan fingerprint density at radius 2 is 1.96 bits per heavy atom. The van der Waals surface area contributed by atoms with Crippen molar-refractivity contribution in [2.45, 2.75) is 66.8 Å². The number of hydrogen-bond acceptors (Lipinski definition) is 12. The van der Waals surface area contributed by atoms with Crippen molar-refractivity contribution in [1.82, 2.24) is 29.5 Å². The molecule has 3 aromatic rings. The number of nitrogens with one attached hydrogen (secondary N) is 1. The quantitative estimate of drug-likeness (QED) is 0.400. The van der Waals surface area contributed by atoms with Gasteiger partial charge in [0, 0.05) is 37.7 Å². The fourth-order valence-electron chi connectivity index (χ4n) is 8.06. The third-order valence-corrected chi connectivity index (χ3v) is 13.0. The monoisotopic (exact) mass is 672 g/mol. The molecule has 7 heterocycles. The number of alkyl halides is 1. The number of hydrogen-bond donors (Lipinski definition) is 2. The molecule has 9 rings (SSSR count). The predicted molar refractivity (Wildman–Crippen MR) is 168 cm³/mol. The summed E-state index contributed by atoms with van der Waals surface area (Å²) in [5.74, 6) is -0.181. The fourth-order valence-corrected chi connectivity index (χ4v) is 10.8. The molecule has 1 aromatic carbocycles. The second-order valence-corrected chi connectivity index (χ2v) is 16.0. The highest BCUT2D eigenvalue weighted by Gasteiger charge is 2.51. The standard InChI is InChI=1S/C30H34F2N8O4S2/c31-16-9-30(6-1-7-38(30)12-16)15-44-29-35-22-8-23(20-4-5-21(32)25-24(20)36-28(33)45-25)40(17-2-3-17)46(41,42)26(22)27(37-29)39-18-10-34-11-19(39)14-43-13-18/h4-5,8,16-19,34H,1-3,6-7,9-15H2,(H2,33,36)/t16-,18?,19?,30+/m1/s1. The van der Waals surface area contributed by atoms with E-state index in [9.17, 15) is 17.2 Å². The van der Waals surface area contributed by atoms with Crippen LogP contribution in [0.1, 0.15) is 43.4 Å². The van der Waals surface area contributed by atoms with Gasteiger partial charge in [0.15, 0.2) is 15.8 Å². The molecule has 16 heteroatoms. The zero-order valence-corrected chi connectivity index (χ0v) is 26.6. The molecule has 244 valence electrons. The van der Waals surface area contributed by atoms with Crippen LogP contribution in [-0.2, 0) is 14.8 Å². The summed E-state index contributed by atoms with van der Waals surface area (Å²) in [6.07, 6.45) is 4.36. The number of nitrogens with two attached hydrogens (primary N) is 1. The first-order valence-electron chi connectivity index (χ1n) is 15.8. The van der Waals surface area contributed by atoms with Crippen LogP contribution in [0.4, 0.5) is 19.7 Å². The Hall–Kier alpha value is -3.18. The van der Waals surface area contributed by atoms with E-state index >= 15 is 0 Å². The molecular formula is C30H34F2N8O4S2. The van der Waals surface area contributed by atoms with Crippen LogP contribution < -0.4 is 20.7 Å². The van der Waals surface area contributed by atoms with E-state index < -0.39 is 27.6 Å². The van der Waals surface area contributed by atoms with Crippen LogP contribution in [0.3, 0.4) is 0 Å². The van der Waals surface area contributed by atoms with Crippen molar-refractivity contribution < 1.29 is 26.7 Å². The van der Waals surface area contributed by atoms with Gasteiger partial charge in [-0.25, -0.2) is 22.2 Å². The summed E-state index contributed by atoms with van der Waals surface area (Å²) in [6.45, 7) is 3.46. The summed E-state index contributed by atoms with van der Waals surface area (Å²) in [4.78, 5) is 18.2. The van der Waals surface area contributed by atoms with E-state index in [-0.39, 0.29) is 51.2 Å². The van der Waals surface area contributed by atoms with E-state index in [0.29, 0.717) is 74.7 Å². The van der Waals surface area contributed by atoms with Crippen LogP contribution in [-0.4, -0.2) is 108 Å². The molecule has 0 radical (unpaired) electrons. The summed E-state index contributed by atoms with van der Waals surface area (Å²) >= 11 is 1.02. The fraction of sp³-hybridized carbons (Fsp3) is 0.567. The number of nitrogen functional groups attached to an aromatic ring is 1. The minimum Gasteiger partial charge on any atom is -0.461 e. The zero-order valence-electron chi connectivity index (χ0n) is 25.0. The molecule has 46 heavy (non-hydrogen) atoms. The van der Waals surface area contributed by atoms with Crippen LogP contribution >= 0.6 is 11.3 Å². The van der Waals surface area contributed by atoms with Gasteiger partial charge in [-0.1, -0.05) is 11.3 Å². The van der Waals surface area contributed by atoms with Gasteiger partial charge in [-0.3, -0.25) is 9.21 Å². The Morgan fingerprint density at radius 3 is 2.74 bits per heavy atom. The van der Waals surface area contributed by atoms with Gasteiger partial charge in [0.2, 0.25) is 0 Å². The van der Waals surface area contributed by atoms with Crippen molar-refractivity contribution in [1.29, 1.82) is 0 Å². The first-order chi connectivity index (χ1) is 22.2. The van der Waals surface area contributed by atoms with Crippen molar-refractivity contribution in [3.05, 3.63) is 29.2 Å². The second kappa shape index (κ2) is 10.4. The smallest absolute Gasteiger partial charge is 0.319 e. The van der Waals surface area contributed by atoms with E-state index in [1.165, 1.54) is 10.4 Å². The largest absolute Gasteiger partial charge is 0.461 e. The van der Waals surface area contributed by atoms with Crippen molar-refractivity contribution >= 4 is 54.3 Å². The predicted octanol–water partition coefficient (Wildman–Crippen LogP) is 2.60. The van der Waals surface area contributed by atoms with Gasteiger partial charge >= 0.3 is 6.01 Å². The number of morpholine rings is 1. The highest BCUT2D eigenvalue weighted by molar-refractivity contribution is 7.89. The number of anilines is 2. The summed E-state index contributed by atoms with van der Waals surface area (Å²) in [7, 11) is -4.20.